The highest BCUT2D eigenvalue weighted by Crippen LogP contribution is 2.48. The fourth-order valence-electron chi connectivity index (χ4n) is 5.74. The van der Waals surface area contributed by atoms with Crippen molar-refractivity contribution < 1.29 is 59.4 Å². The molecule has 3 heterocycles. The molecule has 22 heteroatoms. The van der Waals surface area contributed by atoms with Crippen LogP contribution in [-0.2, 0) is 44.2 Å². The summed E-state index contributed by atoms with van der Waals surface area (Å²) in [6.45, 7) is 19.5. The Kier molecular flexibility index (Phi) is 14.6. The van der Waals surface area contributed by atoms with E-state index < -0.39 is 84.3 Å². The molecule has 1 saturated heterocycles. The zero-order valence-electron chi connectivity index (χ0n) is 37.0. The SMILES string of the molecule is CC(C)(C)[Si](C)(C)OC[C@H]1O[C@@H](n2ccc(NC(=O)CCC(=O)OCCc3ccc(Oc4no[n+]([O-])c4S(=O)(=O)c4ccccc4)cc3)nc2=O)C(F)(F)[C@@H]1O[Si](C)(C)C(C)(C)C. The van der Waals surface area contributed by atoms with Crippen molar-refractivity contribution in [2.24, 2.45) is 0 Å². The first-order chi connectivity index (χ1) is 29.1. The Labute approximate surface area is 366 Å². The molecule has 0 radical (unpaired) electrons. The monoisotopic (exact) mass is 935 g/mol. The van der Waals surface area contributed by atoms with E-state index in [9.17, 15) is 28.0 Å². The molecule has 17 nitrogen and oxygen atoms in total. The Morgan fingerprint density at radius 1 is 0.952 bits per heavy atom. The van der Waals surface area contributed by atoms with Gasteiger partial charge in [0.1, 0.15) is 23.8 Å². The predicted molar refractivity (Wildman–Crippen MR) is 229 cm³/mol. The average Bonchev–Trinajstić information content (AvgIpc) is 3.67. The zero-order valence-corrected chi connectivity index (χ0v) is 39.8. The van der Waals surface area contributed by atoms with Gasteiger partial charge in [0.25, 0.3) is 9.84 Å². The van der Waals surface area contributed by atoms with Crippen molar-refractivity contribution in [2.45, 2.75) is 131 Å². The van der Waals surface area contributed by atoms with E-state index >= 15 is 8.78 Å². The number of anilines is 1. The molecule has 0 bridgehead atoms. The van der Waals surface area contributed by atoms with Crippen LogP contribution in [0.4, 0.5) is 14.6 Å². The van der Waals surface area contributed by atoms with E-state index in [1.54, 1.807) is 18.2 Å². The summed E-state index contributed by atoms with van der Waals surface area (Å²) in [5.41, 5.74) is -0.387. The molecule has 0 spiro atoms. The lowest BCUT2D eigenvalue weighted by atomic mass is 10.1. The largest absolute Gasteiger partial charge is 0.465 e. The third kappa shape index (κ3) is 11.5. The van der Waals surface area contributed by atoms with Crippen molar-refractivity contribution in [2.75, 3.05) is 18.5 Å². The summed E-state index contributed by atoms with van der Waals surface area (Å²) in [6, 6.07) is 14.7. The highest BCUT2D eigenvalue weighted by Gasteiger charge is 2.63. The number of hydrogen-bond acceptors (Lipinski definition) is 14. The summed E-state index contributed by atoms with van der Waals surface area (Å²) in [4.78, 5) is 41.7. The topological polar surface area (TPSA) is 214 Å². The number of carbonyl (C=O) groups is 2. The van der Waals surface area contributed by atoms with Crippen LogP contribution in [0.3, 0.4) is 0 Å². The van der Waals surface area contributed by atoms with Crippen LogP contribution in [0.5, 0.6) is 11.6 Å². The van der Waals surface area contributed by atoms with Gasteiger partial charge in [-0.1, -0.05) is 71.9 Å². The van der Waals surface area contributed by atoms with Crippen molar-refractivity contribution >= 4 is 44.2 Å². The molecule has 0 saturated carbocycles. The second-order valence-corrected chi connectivity index (χ2v) is 29.6. The second kappa shape index (κ2) is 18.7. The molecule has 5 rings (SSSR count). The fraction of sp³-hybridized carbons (Fsp3) is 0.512. The number of aromatic nitrogens is 4. The molecule has 4 aromatic rings. The van der Waals surface area contributed by atoms with E-state index in [-0.39, 0.29) is 58.9 Å². The molecular formula is C41H55F2N5O12SSi2. The molecule has 2 aromatic carbocycles. The van der Waals surface area contributed by atoms with Gasteiger partial charge in [0.05, 0.1) is 29.7 Å². The van der Waals surface area contributed by atoms with E-state index in [0.29, 0.717) is 10.1 Å². The van der Waals surface area contributed by atoms with Crippen LogP contribution in [0.15, 0.2) is 86.2 Å². The van der Waals surface area contributed by atoms with Crippen molar-refractivity contribution in [1.29, 1.82) is 0 Å². The number of nitrogens with one attached hydrogen (secondary N) is 1. The maximum absolute atomic E-state index is 16.4. The molecule has 1 amide bonds. The maximum atomic E-state index is 16.4. The first-order valence-electron chi connectivity index (χ1n) is 20.2. The smallest absolute Gasteiger partial charge is 0.420 e. The minimum Gasteiger partial charge on any atom is -0.465 e. The van der Waals surface area contributed by atoms with Gasteiger partial charge in [-0.3, -0.25) is 18.8 Å². The van der Waals surface area contributed by atoms with E-state index in [1.807, 2.05) is 67.7 Å². The minimum atomic E-state index is -4.31. The molecule has 1 aliphatic rings. The summed E-state index contributed by atoms with van der Waals surface area (Å²) < 4.78 is 93.3. The average molecular weight is 936 g/mol. The standard InChI is InChI=1S/C41H55F2N5O12SSi2/c1-39(2,3)62(7,8)56-26-30-34(59-63(9,10)40(4,5)6)41(42,43)37(58-30)47-24-22-31(45-38(47)51)44-32(49)20-21-33(50)55-25-23-27-16-18-28(19-17-27)57-35-36(48(52)60-46-35)61(53,54)29-14-12-11-13-15-29/h11-19,22,24,30,34,37H,20-21,23,25-26H2,1-10H3,(H,44,45,49,51)/t30-,34-,37-/m1/s1. The third-order valence-electron chi connectivity index (χ3n) is 11.5. The normalized spacial score (nSPS) is 18.3. The van der Waals surface area contributed by atoms with Crippen LogP contribution in [-0.4, -0.2) is 83.0 Å². The first-order valence-corrected chi connectivity index (χ1v) is 27.5. The zero-order chi connectivity index (χ0) is 46.8. The number of nitrogens with zero attached hydrogens (tertiary/aromatic N) is 4. The molecule has 0 unspecified atom stereocenters. The number of esters is 1. The number of benzene rings is 2. The number of rotatable bonds is 17. The lowest BCUT2D eigenvalue weighted by Crippen LogP contribution is -2.53. The van der Waals surface area contributed by atoms with Gasteiger partial charge in [0.15, 0.2) is 16.6 Å². The maximum Gasteiger partial charge on any atom is 0.420 e. The summed E-state index contributed by atoms with van der Waals surface area (Å²) in [5.74, 6) is -5.63. The van der Waals surface area contributed by atoms with Crippen LogP contribution in [0.25, 0.3) is 0 Å². The number of amides is 1. The van der Waals surface area contributed by atoms with Crippen molar-refractivity contribution in [3.8, 4) is 11.6 Å². The van der Waals surface area contributed by atoms with Crippen LogP contribution in [0, 0.1) is 5.21 Å². The molecule has 1 aliphatic heterocycles. The van der Waals surface area contributed by atoms with Gasteiger partial charge >= 0.3 is 28.5 Å². The van der Waals surface area contributed by atoms with E-state index in [0.717, 1.165) is 6.20 Å². The van der Waals surface area contributed by atoms with Crippen LogP contribution >= 0.6 is 0 Å². The minimum absolute atomic E-state index is 0.0434. The fourth-order valence-corrected chi connectivity index (χ4v) is 9.33. The molecule has 1 N–H and O–H groups in total. The summed E-state index contributed by atoms with van der Waals surface area (Å²) in [5, 5.41) is 16.6. The number of carbonyl (C=O) groups excluding carboxylic acids is 2. The number of ether oxygens (including phenoxy) is 3. The Balaban J connectivity index is 1.13. The van der Waals surface area contributed by atoms with Crippen molar-refractivity contribution in [3.63, 3.8) is 0 Å². The lowest BCUT2D eigenvalue weighted by molar-refractivity contribution is -0.832. The summed E-state index contributed by atoms with van der Waals surface area (Å²) in [7, 11) is -9.47. The molecule has 0 aliphatic carbocycles. The Bertz CT molecular complexity index is 2420. The number of hydrogen-bond donors (Lipinski definition) is 1. The highest BCUT2D eigenvalue weighted by atomic mass is 32.2. The van der Waals surface area contributed by atoms with Gasteiger partial charge in [-0.15, -0.1) is 0 Å². The predicted octanol–water partition coefficient (Wildman–Crippen LogP) is 6.94. The molecule has 3 atom stereocenters. The van der Waals surface area contributed by atoms with Gasteiger partial charge < -0.3 is 33.6 Å². The molecule has 63 heavy (non-hydrogen) atoms. The van der Waals surface area contributed by atoms with Crippen LogP contribution < -0.4 is 20.6 Å². The van der Waals surface area contributed by atoms with Crippen molar-refractivity contribution in [1.82, 2.24) is 14.7 Å². The Hall–Kier alpha value is -4.88. The number of halogens is 2. The van der Waals surface area contributed by atoms with Gasteiger partial charge in [-0.05, 0) is 77.1 Å². The van der Waals surface area contributed by atoms with E-state index in [1.165, 1.54) is 42.5 Å². The molecule has 344 valence electrons. The van der Waals surface area contributed by atoms with Gasteiger partial charge in [-0.2, -0.15) is 13.8 Å². The second-order valence-electron chi connectivity index (χ2n) is 18.2. The quantitative estimate of drug-likeness (QED) is 0.0645. The number of sulfone groups is 1. The first kappa shape index (κ1) is 49.1. The third-order valence-corrected chi connectivity index (χ3v) is 22.2. The van der Waals surface area contributed by atoms with Crippen molar-refractivity contribution in [3.05, 3.63) is 88.1 Å². The Morgan fingerprint density at radius 2 is 1.59 bits per heavy atom. The summed E-state index contributed by atoms with van der Waals surface area (Å²) in [6.07, 6.45) is -4.24. The van der Waals surface area contributed by atoms with E-state index in [2.05, 4.69) is 20.1 Å². The van der Waals surface area contributed by atoms with Gasteiger partial charge in [-0.25, -0.2) is 13.2 Å². The van der Waals surface area contributed by atoms with Gasteiger partial charge in [0.2, 0.25) is 12.1 Å². The highest BCUT2D eigenvalue weighted by molar-refractivity contribution is 7.91. The molecule has 2 aromatic heterocycles. The van der Waals surface area contributed by atoms with Crippen LogP contribution in [0.1, 0.15) is 66.2 Å². The molecule has 1 fully saturated rings. The summed E-state index contributed by atoms with van der Waals surface area (Å²) >= 11 is 0. The van der Waals surface area contributed by atoms with E-state index in [4.69, 9.17) is 23.1 Å². The molecular weight excluding hydrogens is 881 g/mol. The number of alkyl halides is 2. The Morgan fingerprint density at radius 3 is 2.19 bits per heavy atom. The lowest BCUT2D eigenvalue weighted by Gasteiger charge is -2.41. The van der Waals surface area contributed by atoms with Crippen LogP contribution in [0.2, 0.25) is 36.3 Å². The van der Waals surface area contributed by atoms with Gasteiger partial charge in [0, 0.05) is 19.0 Å².